The first-order chi connectivity index (χ1) is 11.8. The van der Waals surface area contributed by atoms with Crippen LogP contribution in [0.4, 0.5) is 0 Å². The number of nitrogens with zero attached hydrogens (tertiary/aromatic N) is 1. The van der Waals surface area contributed by atoms with E-state index in [0.717, 1.165) is 48.0 Å². The van der Waals surface area contributed by atoms with Crippen LogP contribution in [0.25, 0.3) is 21.9 Å². The van der Waals surface area contributed by atoms with E-state index in [2.05, 4.69) is 46.7 Å². The predicted molar refractivity (Wildman–Crippen MR) is 98.7 cm³/mol. The van der Waals surface area contributed by atoms with Crippen LogP contribution in [0.5, 0.6) is 5.75 Å². The van der Waals surface area contributed by atoms with E-state index in [1.165, 1.54) is 5.56 Å². The lowest BCUT2D eigenvalue weighted by atomic mass is 10.0. The van der Waals surface area contributed by atoms with Gasteiger partial charge in [-0.25, -0.2) is 4.98 Å². The highest BCUT2D eigenvalue weighted by molar-refractivity contribution is 6.34. The molecule has 0 spiro atoms. The van der Waals surface area contributed by atoms with Crippen LogP contribution in [0.3, 0.4) is 0 Å². The zero-order chi connectivity index (χ0) is 16.4. The second kappa shape index (κ2) is 6.80. The Morgan fingerprint density at radius 1 is 0.958 bits per heavy atom. The molecule has 0 bridgehead atoms. The number of hydrogen-bond acceptors (Lipinski definition) is 3. The molecule has 1 aliphatic rings. The van der Waals surface area contributed by atoms with Crippen LogP contribution in [0.2, 0.25) is 5.15 Å². The molecule has 1 aliphatic heterocycles. The number of piperidine rings is 1. The molecule has 3 nitrogen and oxygen atoms in total. The summed E-state index contributed by atoms with van der Waals surface area (Å²) in [6, 6.07) is 16.6. The second-order valence-corrected chi connectivity index (χ2v) is 6.49. The lowest BCUT2D eigenvalue weighted by Gasteiger charge is -2.23. The van der Waals surface area contributed by atoms with Crippen molar-refractivity contribution < 1.29 is 4.74 Å². The Hall–Kier alpha value is -2.10. The second-order valence-electron chi connectivity index (χ2n) is 6.13. The van der Waals surface area contributed by atoms with Crippen LogP contribution in [0.1, 0.15) is 12.8 Å². The zero-order valence-corrected chi connectivity index (χ0v) is 14.1. The maximum atomic E-state index is 6.14. The number of halogens is 1. The summed E-state index contributed by atoms with van der Waals surface area (Å²) in [5, 5.41) is 5.98. The smallest absolute Gasteiger partial charge is 0.136 e. The highest BCUT2D eigenvalue weighted by Gasteiger charge is 2.14. The first kappa shape index (κ1) is 15.4. The summed E-state index contributed by atoms with van der Waals surface area (Å²) in [6.45, 7) is 2.08. The van der Waals surface area contributed by atoms with Crippen molar-refractivity contribution in [1.29, 1.82) is 0 Å². The molecule has 1 fully saturated rings. The van der Waals surface area contributed by atoms with E-state index in [9.17, 15) is 0 Å². The third-order valence-corrected chi connectivity index (χ3v) is 4.79. The first-order valence-electron chi connectivity index (χ1n) is 8.32. The maximum Gasteiger partial charge on any atom is 0.136 e. The van der Waals surface area contributed by atoms with Crippen molar-refractivity contribution in [2.45, 2.75) is 18.9 Å². The molecule has 0 radical (unpaired) electrons. The number of nitrogens with one attached hydrogen (secondary N) is 1. The molecule has 1 N–H and O–H groups in total. The molecule has 0 aliphatic carbocycles. The number of ether oxygens (including phenoxy) is 1. The summed E-state index contributed by atoms with van der Waals surface area (Å²) in [4.78, 5) is 4.12. The molecule has 3 aromatic rings. The lowest BCUT2D eigenvalue weighted by Crippen LogP contribution is -2.34. The Labute approximate surface area is 146 Å². The zero-order valence-electron chi connectivity index (χ0n) is 13.3. The highest BCUT2D eigenvalue weighted by Crippen LogP contribution is 2.29. The van der Waals surface area contributed by atoms with Crippen molar-refractivity contribution in [3.8, 4) is 16.9 Å². The fourth-order valence-corrected chi connectivity index (χ4v) is 3.38. The highest BCUT2D eigenvalue weighted by atomic mass is 35.5. The Kier molecular flexibility index (Phi) is 4.37. The average Bonchev–Trinajstić information content (AvgIpc) is 2.63. The SMILES string of the molecule is Clc1nccc2cc(-c3ccc(OC4CCNCC4)cc3)ccc12. The van der Waals surface area contributed by atoms with E-state index in [4.69, 9.17) is 16.3 Å². The van der Waals surface area contributed by atoms with Gasteiger partial charge in [-0.1, -0.05) is 35.9 Å². The average molecular weight is 339 g/mol. The summed E-state index contributed by atoms with van der Waals surface area (Å²) >= 11 is 6.14. The number of pyridine rings is 1. The number of aromatic nitrogens is 1. The molecule has 4 rings (SSSR count). The molecule has 2 aromatic carbocycles. The van der Waals surface area contributed by atoms with E-state index in [1.54, 1.807) is 6.20 Å². The Morgan fingerprint density at radius 3 is 2.50 bits per heavy atom. The minimum Gasteiger partial charge on any atom is -0.490 e. The number of benzene rings is 2. The molecule has 1 saturated heterocycles. The van der Waals surface area contributed by atoms with Gasteiger partial charge in [-0.3, -0.25) is 0 Å². The van der Waals surface area contributed by atoms with Crippen LogP contribution in [0.15, 0.2) is 54.7 Å². The van der Waals surface area contributed by atoms with Crippen LogP contribution < -0.4 is 10.1 Å². The Bertz CT molecular complexity index is 842. The van der Waals surface area contributed by atoms with Gasteiger partial charge in [0.1, 0.15) is 17.0 Å². The first-order valence-corrected chi connectivity index (χ1v) is 8.69. The maximum absolute atomic E-state index is 6.14. The summed E-state index contributed by atoms with van der Waals surface area (Å²) in [7, 11) is 0. The minimum absolute atomic E-state index is 0.326. The Balaban J connectivity index is 1.56. The predicted octanol–water partition coefficient (Wildman–Crippen LogP) is 4.69. The summed E-state index contributed by atoms with van der Waals surface area (Å²) < 4.78 is 6.07. The minimum atomic E-state index is 0.326. The molecule has 0 atom stereocenters. The molecular formula is C20H19ClN2O. The molecule has 122 valence electrons. The summed E-state index contributed by atoms with van der Waals surface area (Å²) in [6.07, 6.45) is 4.21. The molecule has 0 saturated carbocycles. The van der Waals surface area contributed by atoms with Gasteiger partial charge in [-0.15, -0.1) is 0 Å². The van der Waals surface area contributed by atoms with E-state index in [0.29, 0.717) is 11.3 Å². The molecule has 0 unspecified atom stereocenters. The number of fused-ring (bicyclic) bond motifs is 1. The van der Waals surface area contributed by atoms with Gasteiger partial charge in [0.05, 0.1) is 0 Å². The van der Waals surface area contributed by atoms with Gasteiger partial charge >= 0.3 is 0 Å². The van der Waals surface area contributed by atoms with Gasteiger partial charge < -0.3 is 10.1 Å². The fourth-order valence-electron chi connectivity index (χ4n) is 3.15. The quantitative estimate of drug-likeness (QED) is 0.704. The topological polar surface area (TPSA) is 34.1 Å². The van der Waals surface area contributed by atoms with Crippen LogP contribution in [-0.4, -0.2) is 24.2 Å². The molecular weight excluding hydrogens is 320 g/mol. The van der Waals surface area contributed by atoms with Crippen molar-refractivity contribution in [2.24, 2.45) is 0 Å². The Morgan fingerprint density at radius 2 is 1.71 bits per heavy atom. The van der Waals surface area contributed by atoms with E-state index < -0.39 is 0 Å². The third kappa shape index (κ3) is 3.23. The van der Waals surface area contributed by atoms with Crippen LogP contribution in [0, 0.1) is 0 Å². The summed E-state index contributed by atoms with van der Waals surface area (Å²) in [5.41, 5.74) is 2.33. The molecule has 24 heavy (non-hydrogen) atoms. The van der Waals surface area contributed by atoms with Crippen molar-refractivity contribution >= 4 is 22.4 Å². The fraction of sp³-hybridized carbons (Fsp3) is 0.250. The molecule has 1 aromatic heterocycles. The molecule has 4 heteroatoms. The van der Waals surface area contributed by atoms with Gasteiger partial charge in [0.2, 0.25) is 0 Å². The third-order valence-electron chi connectivity index (χ3n) is 4.49. The van der Waals surface area contributed by atoms with Gasteiger partial charge in [-0.05, 0) is 66.7 Å². The van der Waals surface area contributed by atoms with Gasteiger partial charge in [-0.2, -0.15) is 0 Å². The van der Waals surface area contributed by atoms with Crippen LogP contribution >= 0.6 is 11.6 Å². The van der Waals surface area contributed by atoms with E-state index >= 15 is 0 Å². The van der Waals surface area contributed by atoms with Crippen molar-refractivity contribution in [3.63, 3.8) is 0 Å². The normalized spacial score (nSPS) is 15.5. The summed E-state index contributed by atoms with van der Waals surface area (Å²) in [5.74, 6) is 0.943. The van der Waals surface area contributed by atoms with E-state index in [1.807, 2.05) is 12.1 Å². The van der Waals surface area contributed by atoms with Crippen molar-refractivity contribution in [2.75, 3.05) is 13.1 Å². The molecule has 2 heterocycles. The van der Waals surface area contributed by atoms with Gasteiger partial charge in [0.25, 0.3) is 0 Å². The standard InChI is InChI=1S/C20H19ClN2O/c21-20-19-6-3-15(13-16(19)7-12-23-20)14-1-4-17(5-2-14)24-18-8-10-22-11-9-18/h1-7,12-13,18,22H,8-11H2. The van der Waals surface area contributed by atoms with Gasteiger partial charge in [0.15, 0.2) is 0 Å². The molecule has 0 amide bonds. The van der Waals surface area contributed by atoms with E-state index in [-0.39, 0.29) is 0 Å². The number of hydrogen-bond donors (Lipinski definition) is 1. The lowest BCUT2D eigenvalue weighted by molar-refractivity contribution is 0.162. The van der Waals surface area contributed by atoms with Gasteiger partial charge in [0, 0.05) is 11.6 Å². The van der Waals surface area contributed by atoms with Crippen molar-refractivity contribution in [3.05, 3.63) is 59.9 Å². The van der Waals surface area contributed by atoms with Crippen molar-refractivity contribution in [1.82, 2.24) is 10.3 Å². The monoisotopic (exact) mass is 338 g/mol. The number of rotatable bonds is 3. The largest absolute Gasteiger partial charge is 0.490 e. The van der Waals surface area contributed by atoms with Crippen LogP contribution in [-0.2, 0) is 0 Å².